The van der Waals surface area contributed by atoms with Gasteiger partial charge in [0, 0.05) is 23.6 Å². The number of hydrogen-bond acceptors (Lipinski definition) is 2. The lowest BCUT2D eigenvalue weighted by molar-refractivity contribution is 0.0927. The summed E-state index contributed by atoms with van der Waals surface area (Å²) in [5, 5.41) is 3.14. The molecule has 0 unspecified atom stereocenters. The maximum atomic E-state index is 12.1. The Hall–Kier alpha value is -1.35. The van der Waals surface area contributed by atoms with Crippen LogP contribution >= 0.6 is 0 Å². The van der Waals surface area contributed by atoms with Crippen LogP contribution in [-0.4, -0.2) is 18.0 Å². The fourth-order valence-corrected chi connectivity index (χ4v) is 3.00. The first kappa shape index (κ1) is 12.7. The standard InChI is InChI=1S/C16H22N2O/c17-15-10-14(15)11-6-8-12(9-7-11)16(19)18-13-4-2-1-3-5-13/h6-9,13-15H,1-5,10,17H2,(H,18,19)/t14-,15+/m0/s1. The molecule has 19 heavy (non-hydrogen) atoms. The van der Waals surface area contributed by atoms with Gasteiger partial charge < -0.3 is 11.1 Å². The largest absolute Gasteiger partial charge is 0.349 e. The quantitative estimate of drug-likeness (QED) is 0.875. The van der Waals surface area contributed by atoms with Crippen LogP contribution in [0.25, 0.3) is 0 Å². The Bertz CT molecular complexity index is 448. The summed E-state index contributed by atoms with van der Waals surface area (Å²) >= 11 is 0. The van der Waals surface area contributed by atoms with E-state index in [4.69, 9.17) is 5.73 Å². The summed E-state index contributed by atoms with van der Waals surface area (Å²) in [5.41, 5.74) is 7.87. The van der Waals surface area contributed by atoms with Crippen molar-refractivity contribution in [3.63, 3.8) is 0 Å². The smallest absolute Gasteiger partial charge is 0.251 e. The van der Waals surface area contributed by atoms with E-state index in [1.54, 1.807) is 0 Å². The highest BCUT2D eigenvalue weighted by molar-refractivity contribution is 5.94. The Kier molecular flexibility index (Phi) is 3.56. The summed E-state index contributed by atoms with van der Waals surface area (Å²) in [5.74, 6) is 0.578. The molecule has 0 bridgehead atoms. The predicted molar refractivity (Wildman–Crippen MR) is 76.1 cm³/mol. The first-order chi connectivity index (χ1) is 9.24. The lowest BCUT2D eigenvalue weighted by Gasteiger charge is -2.22. The number of rotatable bonds is 3. The molecule has 3 rings (SSSR count). The number of hydrogen-bond donors (Lipinski definition) is 2. The van der Waals surface area contributed by atoms with Crippen molar-refractivity contribution >= 4 is 5.91 Å². The monoisotopic (exact) mass is 258 g/mol. The molecule has 0 aromatic heterocycles. The number of nitrogens with two attached hydrogens (primary N) is 1. The normalized spacial score (nSPS) is 27.0. The third kappa shape index (κ3) is 2.98. The third-order valence-electron chi connectivity index (χ3n) is 4.38. The van der Waals surface area contributed by atoms with Crippen LogP contribution in [0, 0.1) is 0 Å². The van der Waals surface area contributed by atoms with Gasteiger partial charge >= 0.3 is 0 Å². The second-order valence-electron chi connectivity index (χ2n) is 5.94. The molecule has 0 spiro atoms. The van der Waals surface area contributed by atoms with Gasteiger partial charge in [-0.3, -0.25) is 4.79 Å². The maximum Gasteiger partial charge on any atom is 0.251 e. The van der Waals surface area contributed by atoms with E-state index in [1.807, 2.05) is 24.3 Å². The summed E-state index contributed by atoms with van der Waals surface area (Å²) in [6.45, 7) is 0. The second kappa shape index (κ2) is 5.33. The number of nitrogens with one attached hydrogen (secondary N) is 1. The summed E-state index contributed by atoms with van der Waals surface area (Å²) in [7, 11) is 0. The van der Waals surface area contributed by atoms with Crippen LogP contribution in [0.3, 0.4) is 0 Å². The number of amides is 1. The van der Waals surface area contributed by atoms with E-state index in [-0.39, 0.29) is 5.91 Å². The van der Waals surface area contributed by atoms with Gasteiger partial charge in [0.2, 0.25) is 0 Å². The van der Waals surface area contributed by atoms with Gasteiger partial charge in [0.1, 0.15) is 0 Å². The van der Waals surface area contributed by atoms with E-state index in [0.29, 0.717) is 18.0 Å². The molecule has 1 aromatic rings. The average molecular weight is 258 g/mol. The lowest BCUT2D eigenvalue weighted by atomic mass is 9.95. The van der Waals surface area contributed by atoms with Gasteiger partial charge in [-0.2, -0.15) is 0 Å². The maximum absolute atomic E-state index is 12.1. The van der Waals surface area contributed by atoms with E-state index in [0.717, 1.165) is 24.8 Å². The molecule has 2 saturated carbocycles. The second-order valence-corrected chi connectivity index (χ2v) is 5.94. The van der Waals surface area contributed by atoms with E-state index >= 15 is 0 Å². The van der Waals surface area contributed by atoms with Crippen LogP contribution in [0.5, 0.6) is 0 Å². The Morgan fingerprint density at radius 3 is 2.32 bits per heavy atom. The molecular formula is C16H22N2O. The van der Waals surface area contributed by atoms with Crippen molar-refractivity contribution < 1.29 is 4.79 Å². The first-order valence-electron chi connectivity index (χ1n) is 7.40. The van der Waals surface area contributed by atoms with Gasteiger partial charge in [0.15, 0.2) is 0 Å². The van der Waals surface area contributed by atoms with Crippen LogP contribution < -0.4 is 11.1 Å². The fraction of sp³-hybridized carbons (Fsp3) is 0.562. The zero-order valence-electron chi connectivity index (χ0n) is 11.3. The van der Waals surface area contributed by atoms with Gasteiger partial charge in [-0.05, 0) is 37.0 Å². The molecule has 102 valence electrons. The summed E-state index contributed by atoms with van der Waals surface area (Å²) in [4.78, 5) is 12.1. The highest BCUT2D eigenvalue weighted by atomic mass is 16.1. The number of carbonyl (C=O) groups is 1. The summed E-state index contributed by atoms with van der Waals surface area (Å²) < 4.78 is 0. The molecule has 2 atom stereocenters. The highest BCUT2D eigenvalue weighted by Crippen LogP contribution is 2.38. The fourth-order valence-electron chi connectivity index (χ4n) is 3.00. The zero-order valence-corrected chi connectivity index (χ0v) is 11.3. The van der Waals surface area contributed by atoms with Crippen LogP contribution in [-0.2, 0) is 0 Å². The first-order valence-corrected chi connectivity index (χ1v) is 7.40. The van der Waals surface area contributed by atoms with Gasteiger partial charge in [0.05, 0.1) is 0 Å². The Morgan fingerprint density at radius 1 is 1.11 bits per heavy atom. The summed E-state index contributed by atoms with van der Waals surface area (Å²) in [6, 6.07) is 8.65. The minimum atomic E-state index is 0.0681. The van der Waals surface area contributed by atoms with E-state index < -0.39 is 0 Å². The Morgan fingerprint density at radius 2 is 1.74 bits per heavy atom. The van der Waals surface area contributed by atoms with Crippen LogP contribution in [0.4, 0.5) is 0 Å². The van der Waals surface area contributed by atoms with E-state index in [1.165, 1.54) is 24.8 Å². The van der Waals surface area contributed by atoms with Gasteiger partial charge in [-0.25, -0.2) is 0 Å². The number of carbonyl (C=O) groups excluding carboxylic acids is 1. The molecule has 2 aliphatic carbocycles. The molecule has 3 N–H and O–H groups in total. The molecule has 2 aliphatic rings. The molecule has 1 aromatic carbocycles. The van der Waals surface area contributed by atoms with Crippen LogP contribution in [0.15, 0.2) is 24.3 Å². The van der Waals surface area contributed by atoms with Crippen molar-refractivity contribution in [2.24, 2.45) is 5.73 Å². The third-order valence-corrected chi connectivity index (χ3v) is 4.38. The van der Waals surface area contributed by atoms with Gasteiger partial charge in [-0.1, -0.05) is 31.4 Å². The highest BCUT2D eigenvalue weighted by Gasteiger charge is 2.34. The topological polar surface area (TPSA) is 55.1 Å². The lowest BCUT2D eigenvalue weighted by Crippen LogP contribution is -2.36. The molecule has 0 radical (unpaired) electrons. The van der Waals surface area contributed by atoms with E-state index in [9.17, 15) is 4.79 Å². The molecule has 1 amide bonds. The molecular weight excluding hydrogens is 236 g/mol. The minimum Gasteiger partial charge on any atom is -0.349 e. The minimum absolute atomic E-state index is 0.0681. The van der Waals surface area contributed by atoms with Crippen molar-refractivity contribution in [3.8, 4) is 0 Å². The molecule has 3 heteroatoms. The molecule has 0 saturated heterocycles. The van der Waals surface area contributed by atoms with Crippen LogP contribution in [0.2, 0.25) is 0 Å². The SMILES string of the molecule is N[C@@H]1C[C@H]1c1ccc(C(=O)NC2CCCCC2)cc1. The average Bonchev–Trinajstić information content (AvgIpc) is 3.17. The predicted octanol–water partition coefficient (Wildman–Crippen LogP) is 2.56. The van der Waals surface area contributed by atoms with Gasteiger partial charge in [-0.15, -0.1) is 0 Å². The molecule has 0 heterocycles. The van der Waals surface area contributed by atoms with Crippen LogP contribution in [0.1, 0.15) is 60.4 Å². The zero-order chi connectivity index (χ0) is 13.2. The van der Waals surface area contributed by atoms with Crippen molar-refractivity contribution in [1.29, 1.82) is 0 Å². The summed E-state index contributed by atoms with van der Waals surface area (Å²) in [6.07, 6.45) is 7.12. The molecule has 3 nitrogen and oxygen atoms in total. The Balaban J connectivity index is 1.59. The molecule has 2 fully saturated rings. The molecule has 0 aliphatic heterocycles. The van der Waals surface area contributed by atoms with Crippen molar-refractivity contribution in [3.05, 3.63) is 35.4 Å². The van der Waals surface area contributed by atoms with Gasteiger partial charge in [0.25, 0.3) is 5.91 Å². The Labute approximate surface area is 114 Å². The van der Waals surface area contributed by atoms with Crippen molar-refractivity contribution in [2.75, 3.05) is 0 Å². The number of benzene rings is 1. The van der Waals surface area contributed by atoms with E-state index in [2.05, 4.69) is 5.32 Å². The van der Waals surface area contributed by atoms with Crippen molar-refractivity contribution in [2.45, 2.75) is 56.5 Å². The van der Waals surface area contributed by atoms with Crippen molar-refractivity contribution in [1.82, 2.24) is 5.32 Å².